The molecular formula is C8H10N2O4. The fourth-order valence-corrected chi connectivity index (χ4v) is 0.914. The predicted octanol–water partition coefficient (Wildman–Crippen LogP) is 0.315. The van der Waals surface area contributed by atoms with E-state index in [0.717, 1.165) is 0 Å². The summed E-state index contributed by atoms with van der Waals surface area (Å²) in [5, 5.41) is 0. The Bertz CT molecular complexity index is 315. The smallest absolute Gasteiger partial charge is 0.322 e. The molecule has 0 N–H and O–H groups in total. The van der Waals surface area contributed by atoms with Crippen LogP contribution in [0.4, 0.5) is 0 Å². The van der Waals surface area contributed by atoms with Crippen LogP contribution in [0.15, 0.2) is 0 Å². The summed E-state index contributed by atoms with van der Waals surface area (Å²) in [6.07, 6.45) is 0.567. The van der Waals surface area contributed by atoms with Gasteiger partial charge in [0.05, 0.1) is 21.3 Å². The van der Waals surface area contributed by atoms with Crippen molar-refractivity contribution in [2.24, 2.45) is 0 Å². The quantitative estimate of drug-likeness (QED) is 0.648. The minimum absolute atomic E-state index is 0.0873. The lowest BCUT2D eigenvalue weighted by Gasteiger charge is -2.07. The average Bonchev–Trinajstić information content (AvgIpc) is 2.26. The summed E-state index contributed by atoms with van der Waals surface area (Å²) in [4.78, 5) is 18.3. The molecule has 0 saturated heterocycles. The standard InChI is InChI=1S/C8H10N2O4/c1-12-6-5(4-11)7(13-2)10-8(9-6)14-3/h4H,1-3H3. The first-order valence-corrected chi connectivity index (χ1v) is 3.76. The third kappa shape index (κ3) is 1.73. The molecule has 76 valence electrons. The van der Waals surface area contributed by atoms with Crippen molar-refractivity contribution in [3.63, 3.8) is 0 Å². The van der Waals surface area contributed by atoms with E-state index in [9.17, 15) is 4.79 Å². The topological polar surface area (TPSA) is 70.5 Å². The van der Waals surface area contributed by atoms with Gasteiger partial charge in [0.2, 0.25) is 11.8 Å². The maximum absolute atomic E-state index is 10.7. The van der Waals surface area contributed by atoms with E-state index in [1.165, 1.54) is 21.3 Å². The van der Waals surface area contributed by atoms with Gasteiger partial charge in [-0.15, -0.1) is 0 Å². The van der Waals surface area contributed by atoms with Gasteiger partial charge in [0.1, 0.15) is 5.56 Å². The summed E-state index contributed by atoms with van der Waals surface area (Å²) >= 11 is 0. The highest BCUT2D eigenvalue weighted by molar-refractivity contribution is 5.81. The molecule has 0 atom stereocenters. The molecule has 0 aromatic carbocycles. The molecule has 0 fully saturated rings. The fourth-order valence-electron chi connectivity index (χ4n) is 0.914. The van der Waals surface area contributed by atoms with Crippen LogP contribution in [0.2, 0.25) is 0 Å². The normalized spacial score (nSPS) is 9.36. The summed E-state index contributed by atoms with van der Waals surface area (Å²) in [5.41, 5.74) is 0.163. The number of methoxy groups -OCH3 is 3. The van der Waals surface area contributed by atoms with Gasteiger partial charge < -0.3 is 14.2 Å². The Kier molecular flexibility index (Phi) is 3.22. The maximum Gasteiger partial charge on any atom is 0.322 e. The fraction of sp³-hybridized carbons (Fsp3) is 0.375. The van der Waals surface area contributed by atoms with Gasteiger partial charge in [-0.05, 0) is 0 Å². The van der Waals surface area contributed by atoms with Crippen LogP contribution in [0, 0.1) is 0 Å². The molecule has 6 nitrogen and oxygen atoms in total. The van der Waals surface area contributed by atoms with E-state index in [0.29, 0.717) is 6.29 Å². The van der Waals surface area contributed by atoms with Gasteiger partial charge >= 0.3 is 6.01 Å². The molecular weight excluding hydrogens is 188 g/mol. The van der Waals surface area contributed by atoms with Gasteiger partial charge in [0.25, 0.3) is 0 Å². The lowest BCUT2D eigenvalue weighted by atomic mass is 10.3. The molecule has 0 aliphatic rings. The Morgan fingerprint density at radius 1 is 1.00 bits per heavy atom. The molecule has 1 heterocycles. The molecule has 0 bridgehead atoms. The third-order valence-electron chi connectivity index (χ3n) is 1.54. The minimum atomic E-state index is 0.0873. The highest BCUT2D eigenvalue weighted by Gasteiger charge is 2.15. The first-order chi connectivity index (χ1) is 6.76. The van der Waals surface area contributed by atoms with Gasteiger partial charge in [-0.2, -0.15) is 9.97 Å². The predicted molar refractivity (Wildman–Crippen MR) is 47.1 cm³/mol. The van der Waals surface area contributed by atoms with Crippen LogP contribution in [0.5, 0.6) is 17.8 Å². The summed E-state index contributed by atoms with van der Waals surface area (Å²) in [6, 6.07) is 0.0873. The second kappa shape index (κ2) is 4.40. The number of nitrogens with zero attached hydrogens (tertiary/aromatic N) is 2. The van der Waals surface area contributed by atoms with Crippen LogP contribution in [-0.2, 0) is 0 Å². The van der Waals surface area contributed by atoms with Crippen molar-refractivity contribution in [2.45, 2.75) is 0 Å². The molecule has 14 heavy (non-hydrogen) atoms. The summed E-state index contributed by atoms with van der Waals surface area (Å²) in [5.74, 6) is 0.257. The lowest BCUT2D eigenvalue weighted by molar-refractivity contribution is 0.111. The first kappa shape index (κ1) is 10.2. The van der Waals surface area contributed by atoms with Crippen molar-refractivity contribution < 1.29 is 19.0 Å². The van der Waals surface area contributed by atoms with Crippen molar-refractivity contribution in [3.05, 3.63) is 5.56 Å². The minimum Gasteiger partial charge on any atom is -0.480 e. The first-order valence-electron chi connectivity index (χ1n) is 3.76. The molecule has 0 saturated carbocycles. The van der Waals surface area contributed by atoms with E-state index in [2.05, 4.69) is 9.97 Å². The zero-order chi connectivity index (χ0) is 10.6. The molecule has 0 amide bonds. The number of carbonyl (C=O) groups excluding carboxylic acids is 1. The van der Waals surface area contributed by atoms with Gasteiger partial charge in [0.15, 0.2) is 6.29 Å². The molecule has 1 rings (SSSR count). The SMILES string of the molecule is COc1nc(OC)c(C=O)c(OC)n1. The second-order valence-corrected chi connectivity index (χ2v) is 2.26. The molecule has 0 unspecified atom stereocenters. The summed E-state index contributed by atoms with van der Waals surface area (Å²) in [6.45, 7) is 0. The molecule has 0 spiro atoms. The van der Waals surface area contributed by atoms with Crippen molar-refractivity contribution >= 4 is 6.29 Å². The number of carbonyl (C=O) groups is 1. The highest BCUT2D eigenvalue weighted by atomic mass is 16.5. The molecule has 6 heteroatoms. The van der Waals surface area contributed by atoms with Gasteiger partial charge in [-0.1, -0.05) is 0 Å². The zero-order valence-corrected chi connectivity index (χ0v) is 8.10. The largest absolute Gasteiger partial charge is 0.480 e. The van der Waals surface area contributed by atoms with E-state index < -0.39 is 0 Å². The summed E-state index contributed by atoms with van der Waals surface area (Å²) < 4.78 is 14.6. The molecule has 0 radical (unpaired) electrons. The second-order valence-electron chi connectivity index (χ2n) is 2.26. The number of aromatic nitrogens is 2. The number of hydrogen-bond donors (Lipinski definition) is 0. The Hall–Kier alpha value is -1.85. The zero-order valence-electron chi connectivity index (χ0n) is 8.10. The highest BCUT2D eigenvalue weighted by Crippen LogP contribution is 2.24. The number of hydrogen-bond acceptors (Lipinski definition) is 6. The Labute approximate surface area is 80.8 Å². The van der Waals surface area contributed by atoms with E-state index >= 15 is 0 Å². The molecule has 0 aliphatic heterocycles. The lowest BCUT2D eigenvalue weighted by Crippen LogP contribution is -2.03. The van der Waals surface area contributed by atoms with E-state index in [1.807, 2.05) is 0 Å². The Balaban J connectivity index is 3.31. The van der Waals surface area contributed by atoms with E-state index in [4.69, 9.17) is 14.2 Å². The van der Waals surface area contributed by atoms with Crippen LogP contribution >= 0.6 is 0 Å². The monoisotopic (exact) mass is 198 g/mol. The van der Waals surface area contributed by atoms with E-state index in [-0.39, 0.29) is 23.3 Å². The van der Waals surface area contributed by atoms with Crippen molar-refractivity contribution in [1.82, 2.24) is 9.97 Å². The maximum atomic E-state index is 10.7. The van der Waals surface area contributed by atoms with Crippen molar-refractivity contribution in [3.8, 4) is 17.8 Å². The summed E-state index contributed by atoms with van der Waals surface area (Å²) in [7, 11) is 4.21. The van der Waals surface area contributed by atoms with Crippen LogP contribution in [0.25, 0.3) is 0 Å². The third-order valence-corrected chi connectivity index (χ3v) is 1.54. The van der Waals surface area contributed by atoms with Gasteiger partial charge in [0, 0.05) is 0 Å². The van der Waals surface area contributed by atoms with Gasteiger partial charge in [-0.25, -0.2) is 0 Å². The molecule has 1 aromatic heterocycles. The van der Waals surface area contributed by atoms with Crippen molar-refractivity contribution in [2.75, 3.05) is 21.3 Å². The van der Waals surface area contributed by atoms with Crippen LogP contribution in [-0.4, -0.2) is 37.6 Å². The Morgan fingerprint density at radius 2 is 1.50 bits per heavy atom. The number of rotatable bonds is 4. The number of ether oxygens (including phenoxy) is 3. The van der Waals surface area contributed by atoms with Crippen molar-refractivity contribution in [1.29, 1.82) is 0 Å². The van der Waals surface area contributed by atoms with Crippen LogP contribution in [0.3, 0.4) is 0 Å². The molecule has 1 aromatic rings. The van der Waals surface area contributed by atoms with Gasteiger partial charge in [-0.3, -0.25) is 4.79 Å². The van der Waals surface area contributed by atoms with E-state index in [1.54, 1.807) is 0 Å². The van der Waals surface area contributed by atoms with Crippen LogP contribution in [0.1, 0.15) is 10.4 Å². The molecule has 0 aliphatic carbocycles. The van der Waals surface area contributed by atoms with Crippen LogP contribution < -0.4 is 14.2 Å². The average molecular weight is 198 g/mol. The Morgan fingerprint density at radius 3 is 1.79 bits per heavy atom. The number of aldehydes is 1.